The monoisotopic (exact) mass is 390 g/mol. The van der Waals surface area contributed by atoms with E-state index in [4.69, 9.17) is 28.3 Å². The molecule has 0 saturated heterocycles. The molecule has 0 spiro atoms. The average Bonchev–Trinajstić information content (AvgIpc) is 2.30. The first-order valence-corrected chi connectivity index (χ1v) is 7.85. The molecule has 1 N–H and O–H groups in total. The first-order valence-electron chi connectivity index (χ1n) is 4.59. The zero-order valence-corrected chi connectivity index (χ0v) is 12.9. The molecule has 0 heterocycles. The zero-order chi connectivity index (χ0) is 14.8. The van der Waals surface area contributed by atoms with Gasteiger partial charge in [-0.2, -0.15) is 0 Å². The number of sulfone groups is 1. The fourth-order valence-corrected chi connectivity index (χ4v) is 3.74. The summed E-state index contributed by atoms with van der Waals surface area (Å²) in [5.41, 5.74) is 0.0894. The molecule has 1 rings (SSSR count). The van der Waals surface area contributed by atoms with Crippen LogP contribution in [0.25, 0.3) is 0 Å². The van der Waals surface area contributed by atoms with Crippen LogP contribution in [0.2, 0.25) is 0 Å². The van der Waals surface area contributed by atoms with Gasteiger partial charge >= 0.3 is 5.97 Å². The molecule has 0 aliphatic carbocycles. The van der Waals surface area contributed by atoms with Gasteiger partial charge in [0.2, 0.25) is 0 Å². The second kappa shape index (κ2) is 6.21. The van der Waals surface area contributed by atoms with Gasteiger partial charge in [0, 0.05) is 15.0 Å². The van der Waals surface area contributed by atoms with Gasteiger partial charge in [-0.1, -0.05) is 39.1 Å². The summed E-state index contributed by atoms with van der Waals surface area (Å²) in [6, 6.07) is 1.94. The van der Waals surface area contributed by atoms with Crippen LogP contribution >= 0.6 is 39.1 Å². The lowest BCUT2D eigenvalue weighted by Gasteiger charge is -2.08. The van der Waals surface area contributed by atoms with E-state index in [9.17, 15) is 17.6 Å². The number of hydrogen-bond donors (Lipinski definition) is 1. The first-order chi connectivity index (χ1) is 8.69. The van der Waals surface area contributed by atoms with E-state index in [2.05, 4.69) is 15.9 Å². The Morgan fingerprint density at radius 2 is 2.05 bits per heavy atom. The van der Waals surface area contributed by atoms with Gasteiger partial charge in [0.05, 0.1) is 11.3 Å². The van der Waals surface area contributed by atoms with Gasteiger partial charge in [-0.05, 0) is 12.1 Å². The minimum Gasteiger partial charge on any atom is -0.478 e. The summed E-state index contributed by atoms with van der Waals surface area (Å²) in [4.78, 5) is 10.1. The molecule has 0 aliphatic rings. The third kappa shape index (κ3) is 3.92. The van der Waals surface area contributed by atoms with Gasteiger partial charge in [0.15, 0.2) is 15.7 Å². The van der Waals surface area contributed by atoms with Gasteiger partial charge < -0.3 is 5.11 Å². The topological polar surface area (TPSA) is 71.4 Å². The van der Waals surface area contributed by atoms with Crippen molar-refractivity contribution in [1.82, 2.24) is 0 Å². The van der Waals surface area contributed by atoms with Crippen molar-refractivity contribution in [2.75, 3.05) is 5.75 Å². The third-order valence-electron chi connectivity index (χ3n) is 2.02. The van der Waals surface area contributed by atoms with Crippen molar-refractivity contribution in [3.05, 3.63) is 38.6 Å². The number of halogens is 4. The quantitative estimate of drug-likeness (QED) is 0.853. The van der Waals surface area contributed by atoms with Crippen molar-refractivity contribution < 1.29 is 22.7 Å². The molecule has 0 radical (unpaired) electrons. The second-order valence-electron chi connectivity index (χ2n) is 3.39. The lowest BCUT2D eigenvalue weighted by atomic mass is 10.2. The lowest BCUT2D eigenvalue weighted by molar-refractivity contribution is 0.0691. The van der Waals surface area contributed by atoms with Gasteiger partial charge in [-0.3, -0.25) is 0 Å². The molecule has 0 unspecified atom stereocenters. The van der Waals surface area contributed by atoms with Crippen molar-refractivity contribution in [1.29, 1.82) is 0 Å². The SMILES string of the molecule is O=C(O)c1cc(Br)cc(S(=O)(=O)CC(Cl)=CCl)c1F. The summed E-state index contributed by atoms with van der Waals surface area (Å²) in [6.45, 7) is 0. The molecule has 1 aromatic carbocycles. The molecular formula is C10H6BrCl2FO4S. The summed E-state index contributed by atoms with van der Waals surface area (Å²) in [5.74, 6) is -3.63. The summed E-state index contributed by atoms with van der Waals surface area (Å²) < 4.78 is 37.8. The van der Waals surface area contributed by atoms with Crippen LogP contribution in [0, 0.1) is 5.82 Å². The Labute approximate surface area is 126 Å². The number of benzene rings is 1. The largest absolute Gasteiger partial charge is 0.478 e. The third-order valence-corrected chi connectivity index (χ3v) is 4.91. The molecule has 0 amide bonds. The van der Waals surface area contributed by atoms with E-state index in [0.717, 1.165) is 17.7 Å². The molecule has 1 aromatic rings. The fraction of sp³-hybridized carbons (Fsp3) is 0.100. The van der Waals surface area contributed by atoms with Crippen molar-refractivity contribution in [3.63, 3.8) is 0 Å². The van der Waals surface area contributed by atoms with E-state index in [1.807, 2.05) is 0 Å². The number of hydrogen-bond acceptors (Lipinski definition) is 3. The molecular weight excluding hydrogens is 386 g/mol. The Morgan fingerprint density at radius 1 is 1.47 bits per heavy atom. The zero-order valence-electron chi connectivity index (χ0n) is 9.03. The molecule has 9 heteroatoms. The average molecular weight is 392 g/mol. The van der Waals surface area contributed by atoms with Crippen LogP contribution in [-0.2, 0) is 9.84 Å². The molecule has 104 valence electrons. The van der Waals surface area contributed by atoms with Crippen LogP contribution in [0.1, 0.15) is 10.4 Å². The van der Waals surface area contributed by atoms with E-state index in [1.165, 1.54) is 0 Å². The number of carbonyl (C=O) groups is 1. The maximum absolute atomic E-state index is 13.9. The summed E-state index contributed by atoms with van der Waals surface area (Å²) in [7, 11) is -4.13. The van der Waals surface area contributed by atoms with Gasteiger partial charge in [0.25, 0.3) is 0 Å². The van der Waals surface area contributed by atoms with Gasteiger partial charge in [0.1, 0.15) is 4.90 Å². The standard InChI is InChI=1S/C10H6BrCl2FO4S/c11-5-1-7(10(15)16)9(14)8(2-5)19(17,18)4-6(13)3-12/h1-3H,4H2,(H,15,16). The number of carboxylic acids is 1. The predicted octanol–water partition coefficient (Wildman–Crippen LogP) is 3.38. The van der Waals surface area contributed by atoms with E-state index in [1.54, 1.807) is 0 Å². The lowest BCUT2D eigenvalue weighted by Crippen LogP contribution is -2.12. The first kappa shape index (κ1) is 16.4. The minimum atomic E-state index is -4.13. The van der Waals surface area contributed by atoms with Crippen molar-refractivity contribution in [2.45, 2.75) is 4.90 Å². The maximum atomic E-state index is 13.9. The normalized spacial score (nSPS) is 12.5. The van der Waals surface area contributed by atoms with E-state index in [-0.39, 0.29) is 9.51 Å². The Bertz CT molecular complexity index is 658. The summed E-state index contributed by atoms with van der Waals surface area (Å²) >= 11 is 13.7. The number of carboxylic acid groups (broad SMARTS) is 1. The highest BCUT2D eigenvalue weighted by molar-refractivity contribution is 9.10. The minimum absolute atomic E-state index is 0.121. The van der Waals surface area contributed by atoms with Gasteiger partial charge in [-0.15, -0.1) is 0 Å². The number of rotatable bonds is 4. The van der Waals surface area contributed by atoms with E-state index in [0.29, 0.717) is 0 Å². The molecule has 0 aromatic heterocycles. The molecule has 0 aliphatic heterocycles. The predicted molar refractivity (Wildman–Crippen MR) is 72.9 cm³/mol. The van der Waals surface area contributed by atoms with E-state index < -0.39 is 37.8 Å². The maximum Gasteiger partial charge on any atom is 0.338 e. The number of aromatic carboxylic acids is 1. The summed E-state index contributed by atoms with van der Waals surface area (Å²) in [6.07, 6.45) is 0. The van der Waals surface area contributed by atoms with Crippen LogP contribution in [0.3, 0.4) is 0 Å². The molecule has 4 nitrogen and oxygen atoms in total. The van der Waals surface area contributed by atoms with Crippen molar-refractivity contribution in [2.24, 2.45) is 0 Å². The van der Waals surface area contributed by atoms with E-state index >= 15 is 0 Å². The van der Waals surface area contributed by atoms with Crippen LogP contribution in [0.4, 0.5) is 4.39 Å². The van der Waals surface area contributed by atoms with Crippen LogP contribution in [0.15, 0.2) is 32.1 Å². The molecule has 0 atom stereocenters. The molecule has 0 bridgehead atoms. The Morgan fingerprint density at radius 3 is 2.53 bits per heavy atom. The highest BCUT2D eigenvalue weighted by atomic mass is 79.9. The molecule has 19 heavy (non-hydrogen) atoms. The van der Waals surface area contributed by atoms with Crippen LogP contribution in [-0.4, -0.2) is 25.2 Å². The molecule has 0 fully saturated rings. The fourth-order valence-electron chi connectivity index (χ4n) is 1.24. The highest BCUT2D eigenvalue weighted by Gasteiger charge is 2.25. The Balaban J connectivity index is 3.47. The highest BCUT2D eigenvalue weighted by Crippen LogP contribution is 2.26. The van der Waals surface area contributed by atoms with Crippen molar-refractivity contribution in [3.8, 4) is 0 Å². The van der Waals surface area contributed by atoms with Gasteiger partial charge in [-0.25, -0.2) is 17.6 Å². The summed E-state index contributed by atoms with van der Waals surface area (Å²) in [5, 5.41) is 8.58. The smallest absolute Gasteiger partial charge is 0.338 e. The molecule has 0 saturated carbocycles. The van der Waals surface area contributed by atoms with Crippen LogP contribution < -0.4 is 0 Å². The Hall–Kier alpha value is -0.630. The van der Waals surface area contributed by atoms with Crippen molar-refractivity contribution >= 4 is 54.9 Å². The van der Waals surface area contributed by atoms with Crippen LogP contribution in [0.5, 0.6) is 0 Å². The Kier molecular flexibility index (Phi) is 5.37. The second-order valence-corrected chi connectivity index (χ2v) is 6.96.